The van der Waals surface area contributed by atoms with Gasteiger partial charge in [-0.25, -0.2) is 4.98 Å². The van der Waals surface area contributed by atoms with E-state index in [0.29, 0.717) is 17.2 Å². The number of aromatic nitrogens is 2. The van der Waals surface area contributed by atoms with Crippen LogP contribution in [-0.4, -0.2) is 28.0 Å². The van der Waals surface area contributed by atoms with Gasteiger partial charge in [0.05, 0.1) is 0 Å². The van der Waals surface area contributed by atoms with Crippen LogP contribution in [0.2, 0.25) is 0 Å². The average molecular weight is 274 g/mol. The van der Waals surface area contributed by atoms with E-state index in [4.69, 9.17) is 0 Å². The maximum Gasteiger partial charge on any atom is 0.293 e. The van der Waals surface area contributed by atoms with E-state index >= 15 is 0 Å². The molecule has 0 amide bonds. The summed E-state index contributed by atoms with van der Waals surface area (Å²) >= 11 is 3.45. The number of aryl methyl sites for hydroxylation is 1. The molecule has 84 valence electrons. The lowest BCUT2D eigenvalue weighted by Gasteiger charge is -2.19. The molecule has 0 aliphatic carbocycles. The van der Waals surface area contributed by atoms with Crippen LogP contribution in [0.25, 0.3) is 0 Å². The monoisotopic (exact) mass is 273 g/mol. The summed E-state index contributed by atoms with van der Waals surface area (Å²) in [6, 6.07) is 0. The molecule has 0 bridgehead atoms. The van der Waals surface area contributed by atoms with E-state index in [1.165, 1.54) is 0 Å². The number of nitrogens with zero attached hydrogens (tertiary/aromatic N) is 3. The van der Waals surface area contributed by atoms with E-state index in [-0.39, 0.29) is 5.56 Å². The molecule has 1 heterocycles. The van der Waals surface area contributed by atoms with Gasteiger partial charge in [0.1, 0.15) is 0 Å². The largest absolute Gasteiger partial charge is 0.354 e. The summed E-state index contributed by atoms with van der Waals surface area (Å²) in [6.45, 7) is 5.41. The van der Waals surface area contributed by atoms with Crippen LogP contribution in [0, 0.1) is 0 Å². The molecule has 0 radical (unpaired) electrons. The van der Waals surface area contributed by atoms with Gasteiger partial charge in [-0.2, -0.15) is 0 Å². The lowest BCUT2D eigenvalue weighted by Crippen LogP contribution is -2.33. The summed E-state index contributed by atoms with van der Waals surface area (Å²) in [5.74, 6) is 0.505. The second-order valence-corrected chi connectivity index (χ2v) is 5.07. The fourth-order valence-electron chi connectivity index (χ4n) is 1.41. The van der Waals surface area contributed by atoms with E-state index in [0.717, 1.165) is 6.54 Å². The van der Waals surface area contributed by atoms with Crippen molar-refractivity contribution >= 4 is 21.7 Å². The maximum atomic E-state index is 11.9. The first-order valence-corrected chi connectivity index (χ1v) is 5.88. The molecular formula is C10H16BrN3O. The third-order valence-electron chi connectivity index (χ3n) is 2.12. The van der Waals surface area contributed by atoms with Crippen LogP contribution >= 0.6 is 15.9 Å². The molecule has 0 saturated carbocycles. The molecule has 1 aromatic rings. The lowest BCUT2D eigenvalue weighted by molar-refractivity contribution is 0.707. The molecule has 4 nitrogen and oxygen atoms in total. The number of hydrogen-bond donors (Lipinski definition) is 0. The van der Waals surface area contributed by atoms with Crippen molar-refractivity contribution in [3.05, 3.63) is 22.7 Å². The Kier molecular flexibility index (Phi) is 4.32. The summed E-state index contributed by atoms with van der Waals surface area (Å²) in [5.41, 5.74) is -0.0318. The van der Waals surface area contributed by atoms with Crippen molar-refractivity contribution in [1.29, 1.82) is 0 Å². The van der Waals surface area contributed by atoms with Crippen LogP contribution in [-0.2, 0) is 6.54 Å². The molecule has 1 rings (SSSR count). The Morgan fingerprint density at radius 2 is 2.33 bits per heavy atom. The van der Waals surface area contributed by atoms with E-state index in [1.54, 1.807) is 17.0 Å². The molecule has 1 unspecified atom stereocenters. The molecular weight excluding hydrogens is 258 g/mol. The Hall–Kier alpha value is -0.840. The molecule has 0 aliphatic rings. The van der Waals surface area contributed by atoms with Gasteiger partial charge in [-0.05, 0) is 6.92 Å². The van der Waals surface area contributed by atoms with Crippen LogP contribution in [0.4, 0.5) is 5.82 Å². The zero-order chi connectivity index (χ0) is 11.4. The third-order valence-corrected chi connectivity index (χ3v) is 2.41. The normalized spacial score (nSPS) is 12.5. The zero-order valence-corrected chi connectivity index (χ0v) is 10.9. The second kappa shape index (κ2) is 5.30. The molecule has 0 N–H and O–H groups in total. The van der Waals surface area contributed by atoms with E-state index < -0.39 is 0 Å². The van der Waals surface area contributed by atoms with Gasteiger partial charge in [0.15, 0.2) is 5.82 Å². The SMILES string of the molecule is CCn1ccnc(N(C)CC(C)Br)c1=O. The van der Waals surface area contributed by atoms with Crippen molar-refractivity contribution in [3.63, 3.8) is 0 Å². The lowest BCUT2D eigenvalue weighted by atomic mass is 10.4. The minimum absolute atomic E-state index is 0.0318. The van der Waals surface area contributed by atoms with Crippen LogP contribution in [0.3, 0.4) is 0 Å². The second-order valence-electron chi connectivity index (χ2n) is 3.50. The Bertz CT molecular complexity index is 375. The minimum atomic E-state index is -0.0318. The molecule has 5 heteroatoms. The standard InChI is InChI=1S/C10H16BrN3O/c1-4-14-6-5-12-9(10(14)15)13(3)7-8(2)11/h5-6,8H,4,7H2,1-3H3. The van der Waals surface area contributed by atoms with Crippen molar-refractivity contribution in [2.45, 2.75) is 25.2 Å². The summed E-state index contributed by atoms with van der Waals surface area (Å²) in [5, 5.41) is 0. The summed E-state index contributed by atoms with van der Waals surface area (Å²) in [4.78, 5) is 18.2. The molecule has 0 saturated heterocycles. The number of hydrogen-bond acceptors (Lipinski definition) is 3. The van der Waals surface area contributed by atoms with Gasteiger partial charge >= 0.3 is 0 Å². The van der Waals surface area contributed by atoms with Crippen molar-refractivity contribution in [2.24, 2.45) is 0 Å². The molecule has 0 fully saturated rings. The highest BCUT2D eigenvalue weighted by Gasteiger charge is 2.10. The molecule has 1 aromatic heterocycles. The predicted molar refractivity (Wildman–Crippen MR) is 65.8 cm³/mol. The van der Waals surface area contributed by atoms with Gasteiger partial charge in [-0.15, -0.1) is 0 Å². The predicted octanol–water partition coefficient (Wildman–Crippen LogP) is 1.48. The summed E-state index contributed by atoms with van der Waals surface area (Å²) < 4.78 is 1.65. The minimum Gasteiger partial charge on any atom is -0.354 e. The van der Waals surface area contributed by atoms with Crippen molar-refractivity contribution in [1.82, 2.24) is 9.55 Å². The first kappa shape index (κ1) is 12.2. The van der Waals surface area contributed by atoms with Crippen LogP contribution < -0.4 is 10.5 Å². The van der Waals surface area contributed by atoms with E-state index in [9.17, 15) is 4.79 Å². The van der Waals surface area contributed by atoms with Gasteiger partial charge in [-0.3, -0.25) is 4.79 Å². The Balaban J connectivity index is 2.99. The van der Waals surface area contributed by atoms with Gasteiger partial charge in [0, 0.05) is 37.4 Å². The van der Waals surface area contributed by atoms with Gasteiger partial charge in [0.2, 0.25) is 0 Å². The maximum absolute atomic E-state index is 11.9. The van der Waals surface area contributed by atoms with Gasteiger partial charge in [-0.1, -0.05) is 22.9 Å². The number of anilines is 1. The van der Waals surface area contributed by atoms with Crippen molar-refractivity contribution in [3.8, 4) is 0 Å². The highest BCUT2D eigenvalue weighted by Crippen LogP contribution is 2.05. The van der Waals surface area contributed by atoms with E-state index in [2.05, 4.69) is 20.9 Å². The Labute approximate surface area is 98.1 Å². The third kappa shape index (κ3) is 3.06. The first-order valence-electron chi connectivity index (χ1n) is 4.97. The first-order chi connectivity index (χ1) is 7.06. The fraction of sp³-hybridized carbons (Fsp3) is 0.600. The van der Waals surface area contributed by atoms with Gasteiger partial charge < -0.3 is 9.47 Å². The van der Waals surface area contributed by atoms with Crippen LogP contribution in [0.1, 0.15) is 13.8 Å². The van der Waals surface area contributed by atoms with Crippen molar-refractivity contribution in [2.75, 3.05) is 18.5 Å². The molecule has 1 atom stereocenters. The quantitative estimate of drug-likeness (QED) is 0.781. The van der Waals surface area contributed by atoms with Crippen LogP contribution in [0.5, 0.6) is 0 Å². The van der Waals surface area contributed by atoms with E-state index in [1.807, 2.05) is 25.8 Å². The molecule has 0 spiro atoms. The van der Waals surface area contributed by atoms with Gasteiger partial charge in [0.25, 0.3) is 5.56 Å². The number of alkyl halides is 1. The number of rotatable bonds is 4. The van der Waals surface area contributed by atoms with Crippen LogP contribution in [0.15, 0.2) is 17.2 Å². The highest BCUT2D eigenvalue weighted by atomic mass is 79.9. The molecule has 15 heavy (non-hydrogen) atoms. The zero-order valence-electron chi connectivity index (χ0n) is 9.27. The summed E-state index contributed by atoms with van der Waals surface area (Å²) in [7, 11) is 1.88. The molecule has 0 aromatic carbocycles. The highest BCUT2D eigenvalue weighted by molar-refractivity contribution is 9.09. The van der Waals surface area contributed by atoms with Crippen molar-refractivity contribution < 1.29 is 0 Å². The smallest absolute Gasteiger partial charge is 0.293 e. The molecule has 0 aliphatic heterocycles. The Morgan fingerprint density at radius 3 is 2.87 bits per heavy atom. The summed E-state index contributed by atoms with van der Waals surface area (Å²) in [6.07, 6.45) is 3.37. The number of halogens is 1. The fourth-order valence-corrected chi connectivity index (χ4v) is 1.84. The average Bonchev–Trinajstić information content (AvgIpc) is 2.17. The Morgan fingerprint density at radius 1 is 1.67 bits per heavy atom. The topological polar surface area (TPSA) is 38.1 Å².